The molecule has 3 rings (SSSR count). The molecule has 0 fully saturated rings. The number of aliphatic carboxylic acids is 1. The quantitative estimate of drug-likeness (QED) is 0.773. The molecule has 1 aliphatic rings. The highest BCUT2D eigenvalue weighted by Gasteiger charge is 2.40. The molecule has 0 aliphatic heterocycles. The SMILES string of the molecule is COc1ccc(C2(CCN(C)CC(=O)O)CCc3cc(OC)ccc32)cc1. The van der Waals surface area contributed by atoms with E-state index in [0.717, 1.165) is 30.8 Å². The van der Waals surface area contributed by atoms with Crippen LogP contribution in [0.4, 0.5) is 0 Å². The Morgan fingerprint density at radius 3 is 2.41 bits per heavy atom. The molecule has 0 amide bonds. The molecular weight excluding hydrogens is 342 g/mol. The van der Waals surface area contributed by atoms with Crippen LogP contribution in [0, 0.1) is 0 Å². The lowest BCUT2D eigenvalue weighted by molar-refractivity contribution is -0.138. The van der Waals surface area contributed by atoms with Gasteiger partial charge in [0.15, 0.2) is 0 Å². The average molecular weight is 369 g/mol. The van der Waals surface area contributed by atoms with Gasteiger partial charge in [-0.05, 0) is 73.8 Å². The van der Waals surface area contributed by atoms with Gasteiger partial charge in [0.1, 0.15) is 11.5 Å². The summed E-state index contributed by atoms with van der Waals surface area (Å²) in [6.07, 6.45) is 2.85. The van der Waals surface area contributed by atoms with Crippen molar-refractivity contribution in [3.8, 4) is 11.5 Å². The van der Waals surface area contributed by atoms with E-state index in [9.17, 15) is 4.79 Å². The predicted molar refractivity (Wildman–Crippen MR) is 105 cm³/mol. The van der Waals surface area contributed by atoms with Gasteiger partial charge in [-0.25, -0.2) is 0 Å². The van der Waals surface area contributed by atoms with Crippen LogP contribution in [0.1, 0.15) is 29.5 Å². The van der Waals surface area contributed by atoms with E-state index in [1.54, 1.807) is 14.2 Å². The van der Waals surface area contributed by atoms with E-state index >= 15 is 0 Å². The Morgan fingerprint density at radius 2 is 1.78 bits per heavy atom. The number of hydrogen-bond acceptors (Lipinski definition) is 4. The maximum Gasteiger partial charge on any atom is 0.317 e. The minimum absolute atomic E-state index is 0.0498. The number of fused-ring (bicyclic) bond motifs is 1. The Kier molecular flexibility index (Phi) is 5.71. The number of carboxylic acids is 1. The molecule has 0 radical (unpaired) electrons. The lowest BCUT2D eigenvalue weighted by Crippen LogP contribution is -2.33. The fourth-order valence-electron chi connectivity index (χ4n) is 4.16. The third-order valence-electron chi connectivity index (χ3n) is 5.62. The molecule has 0 heterocycles. The maximum atomic E-state index is 11.0. The summed E-state index contributed by atoms with van der Waals surface area (Å²) in [5.41, 5.74) is 3.75. The molecule has 1 aliphatic carbocycles. The smallest absolute Gasteiger partial charge is 0.317 e. The van der Waals surface area contributed by atoms with Crippen LogP contribution >= 0.6 is 0 Å². The molecule has 1 N–H and O–H groups in total. The third-order valence-corrected chi connectivity index (χ3v) is 5.62. The summed E-state index contributed by atoms with van der Waals surface area (Å²) in [7, 11) is 5.22. The van der Waals surface area contributed by atoms with Crippen molar-refractivity contribution >= 4 is 5.97 Å². The largest absolute Gasteiger partial charge is 0.497 e. The van der Waals surface area contributed by atoms with E-state index in [4.69, 9.17) is 14.6 Å². The molecule has 0 saturated carbocycles. The highest BCUT2D eigenvalue weighted by molar-refractivity contribution is 5.69. The van der Waals surface area contributed by atoms with Crippen molar-refractivity contribution in [1.82, 2.24) is 4.90 Å². The fraction of sp³-hybridized carbons (Fsp3) is 0.409. The standard InChI is InChI=1S/C22H27NO4/c1-23(15-21(24)25)13-12-22(17-4-6-18(26-2)7-5-17)11-10-16-14-19(27-3)8-9-20(16)22/h4-9,14H,10-13,15H2,1-3H3,(H,24,25). The molecule has 1 atom stereocenters. The van der Waals surface area contributed by atoms with Crippen molar-refractivity contribution in [2.45, 2.75) is 24.7 Å². The lowest BCUT2D eigenvalue weighted by atomic mass is 9.73. The van der Waals surface area contributed by atoms with Crippen molar-refractivity contribution in [1.29, 1.82) is 0 Å². The molecular formula is C22H27NO4. The summed E-state index contributed by atoms with van der Waals surface area (Å²) < 4.78 is 10.7. The third kappa shape index (κ3) is 3.93. The number of benzene rings is 2. The number of carboxylic acid groups (broad SMARTS) is 1. The van der Waals surface area contributed by atoms with E-state index < -0.39 is 5.97 Å². The minimum atomic E-state index is -0.799. The number of rotatable bonds is 8. The second kappa shape index (κ2) is 8.01. The van der Waals surface area contributed by atoms with Gasteiger partial charge in [-0.1, -0.05) is 18.2 Å². The summed E-state index contributed by atoms with van der Waals surface area (Å²) in [5, 5.41) is 9.06. The minimum Gasteiger partial charge on any atom is -0.497 e. The van der Waals surface area contributed by atoms with Crippen LogP contribution < -0.4 is 9.47 Å². The van der Waals surface area contributed by atoms with E-state index in [1.807, 2.05) is 30.1 Å². The van der Waals surface area contributed by atoms with E-state index in [0.29, 0.717) is 6.54 Å². The first-order valence-corrected chi connectivity index (χ1v) is 9.21. The van der Waals surface area contributed by atoms with Gasteiger partial charge in [0.05, 0.1) is 20.8 Å². The molecule has 0 saturated heterocycles. The van der Waals surface area contributed by atoms with E-state index in [2.05, 4.69) is 24.3 Å². The first kappa shape index (κ1) is 19.2. The second-order valence-corrected chi connectivity index (χ2v) is 7.22. The first-order valence-electron chi connectivity index (χ1n) is 9.21. The average Bonchev–Trinajstić information content (AvgIpc) is 3.05. The van der Waals surface area contributed by atoms with Gasteiger partial charge in [-0.2, -0.15) is 0 Å². The molecule has 2 aromatic rings. The Hall–Kier alpha value is -2.53. The van der Waals surface area contributed by atoms with Crippen LogP contribution in [-0.4, -0.2) is 50.3 Å². The van der Waals surface area contributed by atoms with Crippen LogP contribution in [0.2, 0.25) is 0 Å². The Morgan fingerprint density at radius 1 is 1.11 bits per heavy atom. The summed E-state index contributed by atoms with van der Waals surface area (Å²) >= 11 is 0. The molecule has 27 heavy (non-hydrogen) atoms. The molecule has 0 bridgehead atoms. The number of likely N-dealkylation sites (N-methyl/N-ethyl adjacent to an activating group) is 1. The number of aryl methyl sites for hydroxylation is 1. The van der Waals surface area contributed by atoms with Crippen LogP contribution in [-0.2, 0) is 16.6 Å². The van der Waals surface area contributed by atoms with Gasteiger partial charge < -0.3 is 14.6 Å². The van der Waals surface area contributed by atoms with Crippen molar-refractivity contribution < 1.29 is 19.4 Å². The van der Waals surface area contributed by atoms with Crippen LogP contribution in [0.3, 0.4) is 0 Å². The number of nitrogens with zero attached hydrogens (tertiary/aromatic N) is 1. The predicted octanol–water partition coefficient (Wildman–Crippen LogP) is 3.34. The van der Waals surface area contributed by atoms with E-state index in [-0.39, 0.29) is 12.0 Å². The topological polar surface area (TPSA) is 59.0 Å². The number of ether oxygens (including phenoxy) is 2. The Balaban J connectivity index is 1.97. The Labute approximate surface area is 160 Å². The molecule has 1 unspecified atom stereocenters. The Bertz CT molecular complexity index is 802. The summed E-state index contributed by atoms with van der Waals surface area (Å²) in [6, 6.07) is 14.6. The molecule has 5 nitrogen and oxygen atoms in total. The summed E-state index contributed by atoms with van der Waals surface area (Å²) in [5.74, 6) is 0.916. The van der Waals surface area contributed by atoms with Crippen molar-refractivity contribution in [3.05, 3.63) is 59.2 Å². The van der Waals surface area contributed by atoms with Gasteiger partial charge in [-0.3, -0.25) is 9.69 Å². The highest BCUT2D eigenvalue weighted by Crippen LogP contribution is 2.47. The fourth-order valence-corrected chi connectivity index (χ4v) is 4.16. The van der Waals surface area contributed by atoms with E-state index in [1.165, 1.54) is 16.7 Å². The molecule has 0 aromatic heterocycles. The van der Waals surface area contributed by atoms with Gasteiger partial charge >= 0.3 is 5.97 Å². The van der Waals surface area contributed by atoms with Crippen molar-refractivity contribution in [3.63, 3.8) is 0 Å². The number of methoxy groups -OCH3 is 2. The first-order chi connectivity index (χ1) is 13.0. The number of carbonyl (C=O) groups is 1. The number of hydrogen-bond donors (Lipinski definition) is 1. The normalized spacial score (nSPS) is 18.4. The summed E-state index contributed by atoms with van der Waals surface area (Å²) in [4.78, 5) is 12.9. The molecule has 2 aromatic carbocycles. The maximum absolute atomic E-state index is 11.0. The zero-order valence-electron chi connectivity index (χ0n) is 16.2. The monoisotopic (exact) mass is 369 g/mol. The lowest BCUT2D eigenvalue weighted by Gasteiger charge is -2.33. The van der Waals surface area contributed by atoms with Gasteiger partial charge in [0.2, 0.25) is 0 Å². The summed E-state index contributed by atoms with van der Waals surface area (Å²) in [6.45, 7) is 0.762. The van der Waals surface area contributed by atoms with Gasteiger partial charge in [-0.15, -0.1) is 0 Å². The zero-order valence-corrected chi connectivity index (χ0v) is 16.2. The van der Waals surface area contributed by atoms with Crippen LogP contribution in [0.25, 0.3) is 0 Å². The second-order valence-electron chi connectivity index (χ2n) is 7.22. The van der Waals surface area contributed by atoms with Crippen molar-refractivity contribution in [2.75, 3.05) is 34.4 Å². The molecule has 5 heteroatoms. The zero-order chi connectivity index (χ0) is 19.4. The van der Waals surface area contributed by atoms with Crippen molar-refractivity contribution in [2.24, 2.45) is 0 Å². The molecule has 0 spiro atoms. The van der Waals surface area contributed by atoms with Crippen LogP contribution in [0.5, 0.6) is 11.5 Å². The van der Waals surface area contributed by atoms with Crippen LogP contribution in [0.15, 0.2) is 42.5 Å². The van der Waals surface area contributed by atoms with Gasteiger partial charge in [0.25, 0.3) is 0 Å². The highest BCUT2D eigenvalue weighted by atomic mass is 16.5. The van der Waals surface area contributed by atoms with Gasteiger partial charge in [0, 0.05) is 5.41 Å². The molecule has 144 valence electrons.